The molecule has 8 nitrogen and oxygen atoms in total. The molecule has 0 aliphatic heterocycles. The number of methoxy groups -OCH3 is 3. The van der Waals surface area contributed by atoms with Crippen molar-refractivity contribution in [2.45, 2.75) is 19.3 Å². The summed E-state index contributed by atoms with van der Waals surface area (Å²) >= 11 is 0. The van der Waals surface area contributed by atoms with Crippen LogP contribution in [0.25, 0.3) is 0 Å². The predicted molar refractivity (Wildman–Crippen MR) is 105 cm³/mol. The number of nitro benzene ring substituents is 1. The first-order chi connectivity index (χ1) is 13.5. The molecular formula is C20H24N2O6. The van der Waals surface area contributed by atoms with Gasteiger partial charge in [-0.3, -0.25) is 14.9 Å². The molecule has 2 aromatic carbocycles. The Kier molecular flexibility index (Phi) is 7.20. The standard InChI is InChI=1S/C20H24N2O6/c1-5-13(14-9-7-6-8-10-14)12-21-20(23)15-11-16(26-2)18(27-3)19(28-4)17(15)22(24)25/h6-11,13H,5,12H2,1-4H3,(H,21,23)/t13-/m0/s1. The minimum atomic E-state index is -0.662. The van der Waals surface area contributed by atoms with Gasteiger partial charge in [-0.25, -0.2) is 0 Å². The highest BCUT2D eigenvalue weighted by molar-refractivity contribution is 6.00. The molecule has 8 heteroatoms. The second-order valence-corrected chi connectivity index (χ2v) is 6.02. The highest BCUT2D eigenvalue weighted by Gasteiger charge is 2.32. The van der Waals surface area contributed by atoms with Gasteiger partial charge in [0.05, 0.1) is 26.3 Å². The van der Waals surface area contributed by atoms with Crippen molar-refractivity contribution >= 4 is 11.6 Å². The number of hydrogen-bond acceptors (Lipinski definition) is 6. The highest BCUT2D eigenvalue weighted by atomic mass is 16.6. The molecule has 0 fully saturated rings. The molecule has 0 spiro atoms. The maximum absolute atomic E-state index is 12.8. The van der Waals surface area contributed by atoms with E-state index in [0.29, 0.717) is 6.54 Å². The lowest BCUT2D eigenvalue weighted by Gasteiger charge is -2.18. The topological polar surface area (TPSA) is 99.9 Å². The molecule has 0 aliphatic rings. The third kappa shape index (κ3) is 4.33. The van der Waals surface area contributed by atoms with Crippen LogP contribution in [0.1, 0.15) is 35.2 Å². The van der Waals surface area contributed by atoms with Crippen molar-refractivity contribution in [2.24, 2.45) is 0 Å². The smallest absolute Gasteiger partial charge is 0.327 e. The number of amides is 1. The number of hydrogen-bond donors (Lipinski definition) is 1. The third-order valence-electron chi connectivity index (χ3n) is 4.50. The van der Waals surface area contributed by atoms with Crippen LogP contribution in [-0.2, 0) is 0 Å². The van der Waals surface area contributed by atoms with Crippen molar-refractivity contribution in [2.75, 3.05) is 27.9 Å². The maximum Gasteiger partial charge on any atom is 0.327 e. The van der Waals surface area contributed by atoms with Gasteiger partial charge in [0, 0.05) is 18.5 Å². The zero-order valence-corrected chi connectivity index (χ0v) is 16.4. The van der Waals surface area contributed by atoms with Crippen LogP contribution < -0.4 is 19.5 Å². The van der Waals surface area contributed by atoms with Crippen LogP contribution in [0.3, 0.4) is 0 Å². The van der Waals surface area contributed by atoms with Crippen LogP contribution in [0.15, 0.2) is 36.4 Å². The van der Waals surface area contributed by atoms with E-state index < -0.39 is 16.5 Å². The minimum Gasteiger partial charge on any atom is -0.493 e. The number of nitro groups is 1. The number of carbonyl (C=O) groups is 1. The summed E-state index contributed by atoms with van der Waals surface area (Å²) in [6.07, 6.45) is 0.807. The molecule has 2 aromatic rings. The third-order valence-corrected chi connectivity index (χ3v) is 4.50. The lowest BCUT2D eigenvalue weighted by Crippen LogP contribution is -2.29. The lowest BCUT2D eigenvalue weighted by molar-refractivity contribution is -0.386. The van der Waals surface area contributed by atoms with Gasteiger partial charge in [-0.1, -0.05) is 37.3 Å². The first-order valence-corrected chi connectivity index (χ1v) is 8.78. The summed E-state index contributed by atoms with van der Waals surface area (Å²) in [5.41, 5.74) is 0.470. The Balaban J connectivity index is 2.37. The van der Waals surface area contributed by atoms with Crippen molar-refractivity contribution < 1.29 is 23.9 Å². The minimum absolute atomic E-state index is 0.0592. The largest absolute Gasteiger partial charge is 0.493 e. The summed E-state index contributed by atoms with van der Waals surface area (Å²) in [4.78, 5) is 23.8. The van der Waals surface area contributed by atoms with E-state index in [1.807, 2.05) is 37.3 Å². The molecule has 150 valence electrons. The molecule has 1 amide bonds. The Labute approximate surface area is 163 Å². The van der Waals surface area contributed by atoms with Crippen LogP contribution in [0.2, 0.25) is 0 Å². The Bertz CT molecular complexity index is 838. The van der Waals surface area contributed by atoms with Crippen LogP contribution in [-0.4, -0.2) is 38.7 Å². The SMILES string of the molecule is CC[C@@H](CNC(=O)c1cc(OC)c(OC)c(OC)c1[N+](=O)[O-])c1ccccc1. The van der Waals surface area contributed by atoms with Gasteiger partial charge in [0.2, 0.25) is 11.5 Å². The molecule has 0 bridgehead atoms. The quantitative estimate of drug-likeness (QED) is 0.521. The number of carbonyl (C=O) groups excluding carboxylic acids is 1. The number of ether oxygens (including phenoxy) is 3. The van der Waals surface area contributed by atoms with Crippen molar-refractivity contribution in [1.82, 2.24) is 5.32 Å². The van der Waals surface area contributed by atoms with E-state index in [0.717, 1.165) is 12.0 Å². The molecule has 2 rings (SSSR count). The molecular weight excluding hydrogens is 364 g/mol. The van der Waals surface area contributed by atoms with E-state index in [1.165, 1.54) is 27.4 Å². The number of nitrogens with zero attached hydrogens (tertiary/aromatic N) is 1. The fourth-order valence-electron chi connectivity index (χ4n) is 3.03. The lowest BCUT2D eigenvalue weighted by atomic mass is 9.96. The summed E-state index contributed by atoms with van der Waals surface area (Å²) in [6, 6.07) is 11.1. The molecule has 0 saturated carbocycles. The van der Waals surface area contributed by atoms with Crippen LogP contribution in [0.5, 0.6) is 17.2 Å². The van der Waals surface area contributed by atoms with E-state index >= 15 is 0 Å². The van der Waals surface area contributed by atoms with Gasteiger partial charge in [-0.05, 0) is 12.0 Å². The van der Waals surface area contributed by atoms with Crippen molar-refractivity contribution in [3.05, 3.63) is 57.6 Å². The van der Waals surface area contributed by atoms with Crippen LogP contribution in [0.4, 0.5) is 5.69 Å². The van der Waals surface area contributed by atoms with Gasteiger partial charge >= 0.3 is 5.69 Å². The molecule has 1 N–H and O–H groups in total. The summed E-state index contributed by atoms with van der Waals surface area (Å²) in [5.74, 6) is -0.423. The summed E-state index contributed by atoms with van der Waals surface area (Å²) in [5, 5.41) is 14.4. The molecule has 1 atom stereocenters. The zero-order valence-electron chi connectivity index (χ0n) is 16.4. The Hall–Kier alpha value is -3.29. The molecule has 0 unspecified atom stereocenters. The van der Waals surface area contributed by atoms with Crippen LogP contribution >= 0.6 is 0 Å². The van der Waals surface area contributed by atoms with Gasteiger partial charge in [0.15, 0.2) is 5.75 Å². The fourth-order valence-corrected chi connectivity index (χ4v) is 3.03. The van der Waals surface area contributed by atoms with E-state index in [2.05, 4.69) is 5.32 Å². The second-order valence-electron chi connectivity index (χ2n) is 6.02. The molecule has 28 heavy (non-hydrogen) atoms. The van der Waals surface area contributed by atoms with Crippen LogP contribution in [0, 0.1) is 10.1 Å². The monoisotopic (exact) mass is 388 g/mol. The molecule has 0 aliphatic carbocycles. The summed E-state index contributed by atoms with van der Waals surface area (Å²) < 4.78 is 15.5. The van der Waals surface area contributed by atoms with E-state index in [9.17, 15) is 14.9 Å². The first-order valence-electron chi connectivity index (χ1n) is 8.78. The molecule has 0 saturated heterocycles. The summed E-state index contributed by atoms with van der Waals surface area (Å²) in [7, 11) is 4.00. The Morgan fingerprint density at radius 1 is 1.11 bits per heavy atom. The average molecular weight is 388 g/mol. The Morgan fingerprint density at radius 3 is 2.25 bits per heavy atom. The van der Waals surface area contributed by atoms with Gasteiger partial charge < -0.3 is 19.5 Å². The van der Waals surface area contributed by atoms with E-state index in [4.69, 9.17) is 14.2 Å². The first kappa shape index (κ1) is 21.0. The summed E-state index contributed by atoms with van der Waals surface area (Å²) in [6.45, 7) is 2.36. The van der Waals surface area contributed by atoms with Crippen molar-refractivity contribution in [3.8, 4) is 17.2 Å². The van der Waals surface area contributed by atoms with Gasteiger partial charge in [0.25, 0.3) is 5.91 Å². The highest BCUT2D eigenvalue weighted by Crippen LogP contribution is 2.46. The van der Waals surface area contributed by atoms with E-state index in [-0.39, 0.29) is 28.7 Å². The van der Waals surface area contributed by atoms with Gasteiger partial charge in [-0.15, -0.1) is 0 Å². The normalized spacial score (nSPS) is 11.4. The second kappa shape index (κ2) is 9.59. The van der Waals surface area contributed by atoms with Crippen molar-refractivity contribution in [1.29, 1.82) is 0 Å². The maximum atomic E-state index is 12.8. The van der Waals surface area contributed by atoms with Gasteiger partial charge in [-0.2, -0.15) is 0 Å². The average Bonchev–Trinajstić information content (AvgIpc) is 2.72. The van der Waals surface area contributed by atoms with Gasteiger partial charge in [0.1, 0.15) is 5.56 Å². The number of nitrogens with one attached hydrogen (secondary N) is 1. The Morgan fingerprint density at radius 2 is 1.75 bits per heavy atom. The van der Waals surface area contributed by atoms with E-state index in [1.54, 1.807) is 0 Å². The fraction of sp³-hybridized carbons (Fsp3) is 0.350. The number of rotatable bonds is 9. The molecule has 0 heterocycles. The van der Waals surface area contributed by atoms with Crippen molar-refractivity contribution in [3.63, 3.8) is 0 Å². The zero-order chi connectivity index (χ0) is 20.7. The molecule has 0 radical (unpaired) electrons. The number of benzene rings is 2. The predicted octanol–water partition coefficient (Wildman–Crippen LogP) is 3.54. The molecule has 0 aromatic heterocycles.